The summed E-state index contributed by atoms with van der Waals surface area (Å²) >= 11 is 3.24. The molecule has 94 valence electrons. The highest BCUT2D eigenvalue weighted by molar-refractivity contribution is 9.10. The van der Waals surface area contributed by atoms with Crippen molar-refractivity contribution in [3.63, 3.8) is 0 Å². The van der Waals surface area contributed by atoms with Crippen molar-refractivity contribution in [3.05, 3.63) is 22.4 Å². The lowest BCUT2D eigenvalue weighted by molar-refractivity contribution is -0.141. The van der Waals surface area contributed by atoms with Crippen LogP contribution in [0.25, 0.3) is 0 Å². The lowest BCUT2D eigenvalue weighted by atomic mass is 10.1. The molecule has 5 nitrogen and oxygen atoms in total. The van der Waals surface area contributed by atoms with Crippen LogP contribution in [0.1, 0.15) is 30.3 Å². The van der Waals surface area contributed by atoms with Gasteiger partial charge in [0.2, 0.25) is 0 Å². The summed E-state index contributed by atoms with van der Waals surface area (Å²) in [5.41, 5.74) is 0.489. The van der Waals surface area contributed by atoms with Gasteiger partial charge in [0, 0.05) is 17.2 Å². The Bertz CT molecular complexity index is 403. The van der Waals surface area contributed by atoms with Crippen molar-refractivity contribution in [2.75, 3.05) is 6.54 Å². The molecule has 1 aromatic rings. The molecule has 0 fully saturated rings. The standard InChI is InChI=1S/C11H15BrN2O3/c1-7(11(16)17)3-2-4-13-10(15)9-5-8(12)6-14-9/h5-7,14H,2-4H2,1H3,(H,13,15)(H,16,17). The highest BCUT2D eigenvalue weighted by atomic mass is 79.9. The van der Waals surface area contributed by atoms with Crippen molar-refractivity contribution < 1.29 is 14.7 Å². The second-order valence-corrected chi connectivity index (χ2v) is 4.78. The zero-order chi connectivity index (χ0) is 12.8. The molecular formula is C11H15BrN2O3. The molecule has 0 saturated carbocycles. The predicted octanol–water partition coefficient (Wildman–Crippen LogP) is 2.01. The van der Waals surface area contributed by atoms with Gasteiger partial charge in [0.1, 0.15) is 5.69 Å². The summed E-state index contributed by atoms with van der Waals surface area (Å²) in [5, 5.41) is 11.4. The van der Waals surface area contributed by atoms with Crippen LogP contribution in [-0.2, 0) is 4.79 Å². The van der Waals surface area contributed by atoms with Crippen molar-refractivity contribution >= 4 is 27.8 Å². The quantitative estimate of drug-likeness (QED) is 0.703. The zero-order valence-corrected chi connectivity index (χ0v) is 11.1. The number of hydrogen-bond acceptors (Lipinski definition) is 2. The molecule has 0 aliphatic heterocycles. The third-order valence-corrected chi connectivity index (χ3v) is 2.87. The summed E-state index contributed by atoms with van der Waals surface area (Å²) in [7, 11) is 0. The third kappa shape index (κ3) is 4.60. The molecule has 1 unspecified atom stereocenters. The maximum atomic E-state index is 11.6. The smallest absolute Gasteiger partial charge is 0.306 e. The Kier molecular flexibility index (Phi) is 5.21. The number of amides is 1. The van der Waals surface area contributed by atoms with Gasteiger partial charge in [-0.15, -0.1) is 0 Å². The third-order valence-electron chi connectivity index (χ3n) is 2.41. The summed E-state index contributed by atoms with van der Waals surface area (Å²) in [5.74, 6) is -1.35. The van der Waals surface area contributed by atoms with Gasteiger partial charge >= 0.3 is 5.97 Å². The lowest BCUT2D eigenvalue weighted by Crippen LogP contribution is -2.25. The number of rotatable bonds is 6. The fourth-order valence-electron chi connectivity index (χ4n) is 1.33. The number of aliphatic carboxylic acids is 1. The van der Waals surface area contributed by atoms with Crippen LogP contribution in [0.3, 0.4) is 0 Å². The van der Waals surface area contributed by atoms with E-state index < -0.39 is 5.97 Å². The maximum absolute atomic E-state index is 11.6. The topological polar surface area (TPSA) is 82.2 Å². The number of H-pyrrole nitrogens is 1. The van der Waals surface area contributed by atoms with Crippen molar-refractivity contribution in [3.8, 4) is 0 Å². The molecule has 0 bridgehead atoms. The Morgan fingerprint density at radius 2 is 2.29 bits per heavy atom. The van der Waals surface area contributed by atoms with Crippen LogP contribution < -0.4 is 5.32 Å². The fourth-order valence-corrected chi connectivity index (χ4v) is 1.67. The normalized spacial score (nSPS) is 12.1. The van der Waals surface area contributed by atoms with Crippen LogP contribution in [-0.4, -0.2) is 28.5 Å². The van der Waals surface area contributed by atoms with E-state index >= 15 is 0 Å². The number of halogens is 1. The van der Waals surface area contributed by atoms with Crippen molar-refractivity contribution in [2.45, 2.75) is 19.8 Å². The molecule has 0 aliphatic rings. The van der Waals surface area contributed by atoms with Crippen LogP contribution in [0.5, 0.6) is 0 Å². The van der Waals surface area contributed by atoms with E-state index in [0.29, 0.717) is 25.1 Å². The number of aromatic nitrogens is 1. The number of hydrogen-bond donors (Lipinski definition) is 3. The monoisotopic (exact) mass is 302 g/mol. The van der Waals surface area contributed by atoms with Gasteiger partial charge in [0.25, 0.3) is 5.91 Å². The van der Waals surface area contributed by atoms with Gasteiger partial charge in [0.05, 0.1) is 5.92 Å². The second-order valence-electron chi connectivity index (χ2n) is 3.87. The first-order valence-electron chi connectivity index (χ1n) is 5.35. The number of aromatic amines is 1. The minimum absolute atomic E-state index is 0.182. The van der Waals surface area contributed by atoms with E-state index in [9.17, 15) is 9.59 Å². The summed E-state index contributed by atoms with van der Waals surface area (Å²) in [6.45, 7) is 2.14. The molecule has 17 heavy (non-hydrogen) atoms. The Hall–Kier alpha value is -1.30. The molecule has 0 aliphatic carbocycles. The number of carboxylic acids is 1. The molecule has 1 heterocycles. The van der Waals surface area contributed by atoms with Crippen molar-refractivity contribution in [2.24, 2.45) is 5.92 Å². The minimum atomic E-state index is -0.801. The van der Waals surface area contributed by atoms with Gasteiger partial charge in [-0.25, -0.2) is 0 Å². The van der Waals surface area contributed by atoms with Gasteiger partial charge in [0.15, 0.2) is 0 Å². The average molecular weight is 303 g/mol. The fraction of sp³-hybridized carbons (Fsp3) is 0.455. The molecule has 1 atom stereocenters. The van der Waals surface area contributed by atoms with E-state index in [2.05, 4.69) is 26.2 Å². The average Bonchev–Trinajstić information content (AvgIpc) is 2.70. The van der Waals surface area contributed by atoms with E-state index in [-0.39, 0.29) is 11.8 Å². The molecule has 0 spiro atoms. The van der Waals surface area contributed by atoms with Gasteiger partial charge in [-0.3, -0.25) is 9.59 Å². The first kappa shape index (κ1) is 13.8. The number of carbonyl (C=O) groups is 2. The molecule has 0 radical (unpaired) electrons. The van der Waals surface area contributed by atoms with Gasteiger partial charge < -0.3 is 15.4 Å². The highest BCUT2D eigenvalue weighted by Crippen LogP contribution is 2.10. The molecule has 6 heteroatoms. The summed E-state index contributed by atoms with van der Waals surface area (Å²) in [6.07, 6.45) is 2.90. The highest BCUT2D eigenvalue weighted by Gasteiger charge is 2.11. The Balaban J connectivity index is 2.23. The van der Waals surface area contributed by atoms with Gasteiger partial charge in [-0.1, -0.05) is 6.92 Å². The van der Waals surface area contributed by atoms with Crippen molar-refractivity contribution in [1.82, 2.24) is 10.3 Å². The van der Waals surface area contributed by atoms with Crippen LogP contribution in [0.2, 0.25) is 0 Å². The SMILES string of the molecule is CC(CCCNC(=O)c1cc(Br)c[nH]1)C(=O)O. The van der Waals surface area contributed by atoms with Crippen LogP contribution in [0, 0.1) is 5.92 Å². The molecule has 1 rings (SSSR count). The first-order valence-corrected chi connectivity index (χ1v) is 6.15. The molecular weight excluding hydrogens is 288 g/mol. The second kappa shape index (κ2) is 6.44. The number of carboxylic acid groups (broad SMARTS) is 1. The summed E-state index contributed by atoms with van der Waals surface area (Å²) < 4.78 is 0.821. The Labute approximate surface area is 108 Å². The predicted molar refractivity (Wildman–Crippen MR) is 66.9 cm³/mol. The first-order chi connectivity index (χ1) is 8.00. The molecule has 3 N–H and O–H groups in total. The zero-order valence-electron chi connectivity index (χ0n) is 9.50. The molecule has 0 aromatic carbocycles. The Morgan fingerprint density at radius 3 is 2.82 bits per heavy atom. The molecule has 1 amide bonds. The van der Waals surface area contributed by atoms with E-state index in [4.69, 9.17) is 5.11 Å². The van der Waals surface area contributed by atoms with Crippen LogP contribution in [0.4, 0.5) is 0 Å². The van der Waals surface area contributed by atoms with Crippen LogP contribution in [0.15, 0.2) is 16.7 Å². The van der Waals surface area contributed by atoms with E-state index in [1.165, 1.54) is 0 Å². The largest absolute Gasteiger partial charge is 0.481 e. The number of nitrogens with one attached hydrogen (secondary N) is 2. The van der Waals surface area contributed by atoms with Gasteiger partial charge in [-0.05, 0) is 34.8 Å². The van der Waals surface area contributed by atoms with E-state index in [1.54, 1.807) is 19.2 Å². The lowest BCUT2D eigenvalue weighted by Gasteiger charge is -2.06. The summed E-state index contributed by atoms with van der Waals surface area (Å²) in [4.78, 5) is 24.9. The number of carbonyl (C=O) groups excluding carboxylic acids is 1. The maximum Gasteiger partial charge on any atom is 0.306 e. The van der Waals surface area contributed by atoms with Crippen molar-refractivity contribution in [1.29, 1.82) is 0 Å². The van der Waals surface area contributed by atoms with E-state index in [0.717, 1.165) is 4.47 Å². The summed E-state index contributed by atoms with van der Waals surface area (Å²) in [6, 6.07) is 1.69. The van der Waals surface area contributed by atoms with E-state index in [1.807, 2.05) is 0 Å². The minimum Gasteiger partial charge on any atom is -0.481 e. The van der Waals surface area contributed by atoms with Gasteiger partial charge in [-0.2, -0.15) is 0 Å². The Morgan fingerprint density at radius 1 is 1.59 bits per heavy atom. The molecule has 0 saturated heterocycles. The molecule has 1 aromatic heterocycles. The van der Waals surface area contributed by atoms with Crippen LogP contribution >= 0.6 is 15.9 Å².